The molecule has 1 aliphatic rings. The summed E-state index contributed by atoms with van der Waals surface area (Å²) < 4.78 is 58.2. The molecule has 1 amide bonds. The molecule has 164 valence electrons. The zero-order chi connectivity index (χ0) is 22.2. The van der Waals surface area contributed by atoms with E-state index in [-0.39, 0.29) is 44.2 Å². The van der Waals surface area contributed by atoms with Gasteiger partial charge in [-0.2, -0.15) is 0 Å². The molecule has 0 N–H and O–H groups in total. The fourth-order valence-corrected chi connectivity index (χ4v) is 5.38. The first-order chi connectivity index (χ1) is 14.8. The highest BCUT2D eigenvalue weighted by molar-refractivity contribution is 7.91. The van der Waals surface area contributed by atoms with Crippen molar-refractivity contribution in [1.29, 1.82) is 0 Å². The minimum absolute atomic E-state index is 0.0196. The highest BCUT2D eigenvalue weighted by Crippen LogP contribution is 2.33. The van der Waals surface area contributed by atoms with Crippen molar-refractivity contribution in [3.63, 3.8) is 0 Å². The number of ether oxygens (including phenoxy) is 1. The van der Waals surface area contributed by atoms with E-state index in [1.165, 1.54) is 42.2 Å². The average molecular weight is 467 g/mol. The fourth-order valence-electron chi connectivity index (χ4n) is 3.45. The van der Waals surface area contributed by atoms with Gasteiger partial charge in [-0.1, -0.05) is 24.3 Å². The highest BCUT2D eigenvalue weighted by atomic mass is 32.2. The fraction of sp³-hybridized carbons (Fsp3) is 0.333. The molecular weight excluding hydrogens is 446 g/mol. The van der Waals surface area contributed by atoms with Gasteiger partial charge in [0.15, 0.2) is 20.8 Å². The van der Waals surface area contributed by atoms with E-state index in [0.29, 0.717) is 6.61 Å². The summed E-state index contributed by atoms with van der Waals surface area (Å²) in [6.45, 7) is 2.28. The summed E-state index contributed by atoms with van der Waals surface area (Å²) >= 11 is 0.995. The Morgan fingerprint density at radius 1 is 1.29 bits per heavy atom. The Morgan fingerprint density at radius 3 is 2.81 bits per heavy atom. The lowest BCUT2D eigenvalue weighted by atomic mass is 10.2. The van der Waals surface area contributed by atoms with Gasteiger partial charge in [0.2, 0.25) is 0 Å². The highest BCUT2D eigenvalue weighted by Gasteiger charge is 2.28. The Morgan fingerprint density at radius 2 is 2.10 bits per heavy atom. The third-order valence-corrected chi connectivity index (χ3v) is 7.87. The Hall–Kier alpha value is -2.43. The molecule has 2 heterocycles. The van der Waals surface area contributed by atoms with Gasteiger partial charge in [0.05, 0.1) is 28.0 Å². The zero-order valence-corrected chi connectivity index (χ0v) is 18.3. The van der Waals surface area contributed by atoms with E-state index in [2.05, 4.69) is 4.98 Å². The molecule has 1 aromatic heterocycles. The molecule has 1 unspecified atom stereocenters. The van der Waals surface area contributed by atoms with Crippen LogP contribution >= 0.6 is 11.3 Å². The van der Waals surface area contributed by atoms with Gasteiger partial charge in [-0.25, -0.2) is 22.2 Å². The summed E-state index contributed by atoms with van der Waals surface area (Å²) in [6, 6.07) is 7.72. The molecular formula is C21H20F2N2O4S2. The van der Waals surface area contributed by atoms with E-state index in [1.807, 2.05) is 0 Å². The van der Waals surface area contributed by atoms with Crippen molar-refractivity contribution in [2.24, 2.45) is 0 Å². The number of amides is 1. The maximum atomic E-state index is 14.2. The number of hydrogen-bond acceptors (Lipinski definition) is 6. The van der Waals surface area contributed by atoms with Crippen LogP contribution in [0.25, 0.3) is 10.2 Å². The first-order valence-corrected chi connectivity index (χ1v) is 12.3. The Balaban J connectivity index is 1.76. The molecule has 3 aromatic rings. The number of hydrogen-bond donors (Lipinski definition) is 0. The lowest BCUT2D eigenvalue weighted by Crippen LogP contribution is -2.37. The Labute approximate surface area is 182 Å². The second-order valence-corrected chi connectivity index (χ2v) is 10.5. The number of rotatable bonds is 6. The van der Waals surface area contributed by atoms with Crippen LogP contribution in [0.4, 0.5) is 13.9 Å². The van der Waals surface area contributed by atoms with Crippen LogP contribution in [0, 0.1) is 11.6 Å². The first kappa shape index (κ1) is 21.8. The predicted molar refractivity (Wildman–Crippen MR) is 114 cm³/mol. The lowest BCUT2D eigenvalue weighted by Gasteiger charge is -2.23. The summed E-state index contributed by atoms with van der Waals surface area (Å²) in [6.07, 6.45) is 1.39. The Bertz CT molecular complexity index is 1240. The number of thiazole rings is 1. The van der Waals surface area contributed by atoms with Gasteiger partial charge >= 0.3 is 0 Å². The van der Waals surface area contributed by atoms with Gasteiger partial charge < -0.3 is 4.74 Å². The third kappa shape index (κ3) is 4.46. The second kappa shape index (κ2) is 8.60. The summed E-state index contributed by atoms with van der Waals surface area (Å²) in [5.41, 5.74) is 0.146. The minimum Gasteiger partial charge on any atom is -0.376 e. The maximum absolute atomic E-state index is 14.2. The van der Waals surface area contributed by atoms with E-state index < -0.39 is 27.4 Å². The molecule has 0 radical (unpaired) electrons. The standard InChI is InChI=1S/C21H20F2N2O4S2/c1-2-31(27,28)16-7-3-5-13(9-16)20(26)25(12-15-6-4-8-29-15)21-24-19-17(23)10-14(22)11-18(19)30-21/h3,5,7,9-11,15H,2,4,6,8,12H2,1H3. The number of sulfone groups is 1. The number of fused-ring (bicyclic) bond motifs is 1. The quantitative estimate of drug-likeness (QED) is 0.544. The molecule has 6 nitrogen and oxygen atoms in total. The van der Waals surface area contributed by atoms with Crippen LogP contribution < -0.4 is 4.90 Å². The van der Waals surface area contributed by atoms with Crippen LogP contribution in [-0.4, -0.2) is 44.3 Å². The van der Waals surface area contributed by atoms with Gasteiger partial charge in [-0.3, -0.25) is 9.69 Å². The molecule has 2 aromatic carbocycles. The number of benzene rings is 2. The molecule has 31 heavy (non-hydrogen) atoms. The third-order valence-electron chi connectivity index (χ3n) is 5.11. The number of carbonyl (C=O) groups is 1. The number of nitrogens with zero attached hydrogens (tertiary/aromatic N) is 2. The van der Waals surface area contributed by atoms with Crippen molar-refractivity contribution < 1.29 is 26.7 Å². The first-order valence-electron chi connectivity index (χ1n) is 9.80. The number of halogens is 2. The molecule has 1 aliphatic heterocycles. The van der Waals surface area contributed by atoms with Gasteiger partial charge in [-0.15, -0.1) is 0 Å². The van der Waals surface area contributed by atoms with Crippen molar-refractivity contribution in [1.82, 2.24) is 4.98 Å². The van der Waals surface area contributed by atoms with Gasteiger partial charge in [0.1, 0.15) is 11.3 Å². The Kier molecular flexibility index (Phi) is 6.05. The number of carbonyl (C=O) groups excluding carboxylic acids is 1. The van der Waals surface area contributed by atoms with Gasteiger partial charge in [-0.05, 0) is 37.1 Å². The molecule has 0 spiro atoms. The molecule has 4 rings (SSSR count). The van der Waals surface area contributed by atoms with Crippen LogP contribution in [0.2, 0.25) is 0 Å². The van der Waals surface area contributed by atoms with E-state index in [9.17, 15) is 22.0 Å². The summed E-state index contributed by atoms with van der Waals surface area (Å²) in [5, 5.41) is 0.198. The number of anilines is 1. The molecule has 1 atom stereocenters. The van der Waals surface area contributed by atoms with Crippen molar-refractivity contribution in [2.75, 3.05) is 23.8 Å². The van der Waals surface area contributed by atoms with Crippen molar-refractivity contribution in [3.05, 3.63) is 53.6 Å². The van der Waals surface area contributed by atoms with Crippen LogP contribution in [0.15, 0.2) is 41.3 Å². The molecule has 10 heteroatoms. The zero-order valence-electron chi connectivity index (χ0n) is 16.7. The molecule has 0 aliphatic carbocycles. The second-order valence-electron chi connectivity index (χ2n) is 7.21. The normalized spacial score (nSPS) is 16.7. The van der Waals surface area contributed by atoms with E-state index >= 15 is 0 Å². The largest absolute Gasteiger partial charge is 0.376 e. The summed E-state index contributed by atoms with van der Waals surface area (Å²) in [5.74, 6) is -2.11. The topological polar surface area (TPSA) is 76.6 Å². The predicted octanol–water partition coefficient (Wildman–Crippen LogP) is 4.19. The smallest absolute Gasteiger partial charge is 0.260 e. The number of aromatic nitrogens is 1. The summed E-state index contributed by atoms with van der Waals surface area (Å²) in [7, 11) is -3.50. The van der Waals surface area contributed by atoms with Crippen LogP contribution in [-0.2, 0) is 14.6 Å². The summed E-state index contributed by atoms with van der Waals surface area (Å²) in [4.78, 5) is 19.0. The molecule has 1 fully saturated rings. The van der Waals surface area contributed by atoms with E-state index in [1.54, 1.807) is 0 Å². The van der Waals surface area contributed by atoms with Gasteiger partial charge in [0.25, 0.3) is 5.91 Å². The van der Waals surface area contributed by atoms with Crippen molar-refractivity contribution in [2.45, 2.75) is 30.8 Å². The van der Waals surface area contributed by atoms with Crippen molar-refractivity contribution in [3.8, 4) is 0 Å². The lowest BCUT2D eigenvalue weighted by molar-refractivity contribution is 0.0917. The molecule has 0 bridgehead atoms. The minimum atomic E-state index is -3.50. The SMILES string of the molecule is CCS(=O)(=O)c1cccc(C(=O)N(CC2CCCO2)c2nc3c(F)cc(F)cc3s2)c1. The van der Waals surface area contributed by atoms with Crippen molar-refractivity contribution >= 4 is 42.4 Å². The van der Waals surface area contributed by atoms with Crippen LogP contribution in [0.5, 0.6) is 0 Å². The monoisotopic (exact) mass is 466 g/mol. The van der Waals surface area contributed by atoms with E-state index in [4.69, 9.17) is 4.74 Å². The average Bonchev–Trinajstić information content (AvgIpc) is 3.41. The van der Waals surface area contributed by atoms with Crippen LogP contribution in [0.3, 0.4) is 0 Å². The van der Waals surface area contributed by atoms with Crippen LogP contribution in [0.1, 0.15) is 30.1 Å². The maximum Gasteiger partial charge on any atom is 0.260 e. The molecule has 1 saturated heterocycles. The molecule has 0 saturated carbocycles. The van der Waals surface area contributed by atoms with Gasteiger partial charge in [0, 0.05) is 18.2 Å². The van der Waals surface area contributed by atoms with E-state index in [0.717, 1.165) is 30.2 Å².